The van der Waals surface area contributed by atoms with Crippen molar-refractivity contribution in [3.05, 3.63) is 23.3 Å². The van der Waals surface area contributed by atoms with Gasteiger partial charge in [-0.15, -0.1) is 0 Å². The quantitative estimate of drug-likeness (QED) is 0.770. The molecule has 0 amide bonds. The van der Waals surface area contributed by atoms with Gasteiger partial charge in [0.15, 0.2) is 0 Å². The van der Waals surface area contributed by atoms with Gasteiger partial charge >= 0.3 is 5.97 Å². The second kappa shape index (κ2) is 4.95. The molecule has 0 aromatic carbocycles. The number of hydrogen-bond acceptors (Lipinski definition) is 2. The summed E-state index contributed by atoms with van der Waals surface area (Å²) in [6.45, 7) is 4.66. The lowest BCUT2D eigenvalue weighted by atomic mass is 9.48. The van der Waals surface area contributed by atoms with Gasteiger partial charge in [-0.3, -0.25) is 0 Å². The zero-order valence-electron chi connectivity index (χ0n) is 14.2. The standard InChI is InChI=1S/C20H28O3/c1-19-9-7-12(18(22)23)11-13(19)3-4-14-15-5-6-17(21)20(15,2)10-8-16(14)19/h3,11,14-17,21H,4-10H2,1-2H3,(H,22,23)/t14-,15-,16-,17?,19-,20-/m0/s1. The maximum absolute atomic E-state index is 11.3. The van der Waals surface area contributed by atoms with E-state index < -0.39 is 5.97 Å². The van der Waals surface area contributed by atoms with Crippen LogP contribution >= 0.6 is 0 Å². The molecule has 0 aromatic heterocycles. The van der Waals surface area contributed by atoms with E-state index in [0.29, 0.717) is 29.7 Å². The van der Waals surface area contributed by atoms with E-state index in [0.717, 1.165) is 32.1 Å². The minimum Gasteiger partial charge on any atom is -0.478 e. The summed E-state index contributed by atoms with van der Waals surface area (Å²) in [6.07, 6.45) is 11.3. The molecule has 2 N–H and O–H groups in total. The summed E-state index contributed by atoms with van der Waals surface area (Å²) in [5.41, 5.74) is 2.09. The average molecular weight is 316 g/mol. The number of carboxylic acids is 1. The third kappa shape index (κ3) is 2.02. The minimum absolute atomic E-state index is 0.111. The topological polar surface area (TPSA) is 57.5 Å². The lowest BCUT2D eigenvalue weighted by Gasteiger charge is -2.56. The molecule has 0 spiro atoms. The van der Waals surface area contributed by atoms with Crippen molar-refractivity contribution in [1.82, 2.24) is 0 Å². The number of allylic oxidation sites excluding steroid dienone is 3. The molecule has 0 saturated heterocycles. The molecule has 0 heterocycles. The molecular formula is C20H28O3. The SMILES string of the molecule is C[C@]12CCC(C(=O)O)=CC1=CC[C@@H]1[C@@H]2CC[C@]2(C)C(O)CC[C@@H]12. The van der Waals surface area contributed by atoms with E-state index in [1.807, 2.05) is 6.08 Å². The molecular weight excluding hydrogens is 288 g/mol. The molecule has 2 fully saturated rings. The highest BCUT2D eigenvalue weighted by Gasteiger charge is 2.58. The van der Waals surface area contributed by atoms with Crippen LogP contribution in [0.1, 0.15) is 58.8 Å². The number of hydrogen-bond donors (Lipinski definition) is 2. The van der Waals surface area contributed by atoms with Crippen LogP contribution in [0, 0.1) is 28.6 Å². The van der Waals surface area contributed by atoms with Crippen LogP contribution in [0.4, 0.5) is 0 Å². The van der Waals surface area contributed by atoms with Gasteiger partial charge in [0.25, 0.3) is 0 Å². The molecule has 4 aliphatic carbocycles. The predicted octanol–water partition coefficient (Wildman–Crippen LogP) is 3.93. The number of aliphatic hydroxyl groups excluding tert-OH is 1. The Labute approximate surface area is 138 Å². The molecule has 23 heavy (non-hydrogen) atoms. The van der Waals surface area contributed by atoms with Crippen molar-refractivity contribution in [1.29, 1.82) is 0 Å². The summed E-state index contributed by atoms with van der Waals surface area (Å²) in [7, 11) is 0. The Kier molecular flexibility index (Phi) is 3.32. The van der Waals surface area contributed by atoms with Crippen LogP contribution in [0.25, 0.3) is 0 Å². The van der Waals surface area contributed by atoms with Crippen molar-refractivity contribution in [2.75, 3.05) is 0 Å². The smallest absolute Gasteiger partial charge is 0.331 e. The number of rotatable bonds is 1. The second-order valence-corrected chi connectivity index (χ2v) is 8.80. The van der Waals surface area contributed by atoms with Gasteiger partial charge in [0, 0.05) is 5.57 Å². The van der Waals surface area contributed by atoms with Gasteiger partial charge < -0.3 is 10.2 Å². The number of fused-ring (bicyclic) bond motifs is 5. The van der Waals surface area contributed by atoms with Crippen LogP contribution in [0.2, 0.25) is 0 Å². The summed E-state index contributed by atoms with van der Waals surface area (Å²) in [4.78, 5) is 11.3. The first-order chi connectivity index (χ1) is 10.9. The summed E-state index contributed by atoms with van der Waals surface area (Å²) in [5.74, 6) is 1.19. The summed E-state index contributed by atoms with van der Waals surface area (Å²) >= 11 is 0. The first kappa shape index (κ1) is 15.4. The molecule has 0 aromatic rings. The number of carboxylic acid groups (broad SMARTS) is 1. The first-order valence-electron chi connectivity index (χ1n) is 9.19. The van der Waals surface area contributed by atoms with Crippen molar-refractivity contribution in [3.8, 4) is 0 Å². The lowest BCUT2D eigenvalue weighted by molar-refractivity contribution is -0.133. The van der Waals surface area contributed by atoms with Crippen LogP contribution < -0.4 is 0 Å². The largest absolute Gasteiger partial charge is 0.478 e. The highest BCUT2D eigenvalue weighted by Crippen LogP contribution is 2.64. The van der Waals surface area contributed by atoms with Crippen LogP contribution in [0.15, 0.2) is 23.3 Å². The Morgan fingerprint density at radius 3 is 2.70 bits per heavy atom. The minimum atomic E-state index is -0.759. The van der Waals surface area contributed by atoms with Crippen molar-refractivity contribution in [3.63, 3.8) is 0 Å². The van der Waals surface area contributed by atoms with Crippen LogP contribution in [-0.4, -0.2) is 22.3 Å². The molecule has 6 atom stereocenters. The summed E-state index contributed by atoms with van der Waals surface area (Å²) in [5, 5.41) is 19.8. The van der Waals surface area contributed by atoms with E-state index in [1.54, 1.807) is 0 Å². The predicted molar refractivity (Wildman–Crippen MR) is 88.8 cm³/mol. The lowest BCUT2D eigenvalue weighted by Crippen LogP contribution is -2.50. The van der Waals surface area contributed by atoms with Gasteiger partial charge in [-0.1, -0.05) is 19.9 Å². The van der Waals surface area contributed by atoms with E-state index in [9.17, 15) is 15.0 Å². The highest BCUT2D eigenvalue weighted by atomic mass is 16.4. The second-order valence-electron chi connectivity index (χ2n) is 8.80. The normalized spacial score (nSPS) is 48.7. The molecule has 1 unspecified atom stereocenters. The third-order valence-electron chi connectivity index (χ3n) is 7.99. The van der Waals surface area contributed by atoms with E-state index in [1.165, 1.54) is 12.0 Å². The van der Waals surface area contributed by atoms with E-state index in [4.69, 9.17) is 0 Å². The molecule has 3 heteroatoms. The van der Waals surface area contributed by atoms with Crippen LogP contribution in [0.3, 0.4) is 0 Å². The zero-order chi connectivity index (χ0) is 16.4. The van der Waals surface area contributed by atoms with Gasteiger partial charge in [0.1, 0.15) is 0 Å². The van der Waals surface area contributed by atoms with Crippen LogP contribution in [-0.2, 0) is 4.79 Å². The van der Waals surface area contributed by atoms with Gasteiger partial charge in [0.2, 0.25) is 0 Å². The summed E-state index contributed by atoms with van der Waals surface area (Å²) < 4.78 is 0. The fourth-order valence-electron chi connectivity index (χ4n) is 6.47. The molecule has 4 rings (SSSR count). The Bertz CT molecular complexity index is 604. The summed E-state index contributed by atoms with van der Waals surface area (Å²) in [6, 6.07) is 0. The zero-order valence-corrected chi connectivity index (χ0v) is 14.2. The number of aliphatic hydroxyl groups is 1. The van der Waals surface area contributed by atoms with Gasteiger partial charge in [-0.05, 0) is 85.2 Å². The molecule has 4 aliphatic rings. The molecule has 0 radical (unpaired) electrons. The monoisotopic (exact) mass is 316 g/mol. The van der Waals surface area contributed by atoms with Crippen molar-refractivity contribution in [2.24, 2.45) is 28.6 Å². The van der Waals surface area contributed by atoms with Gasteiger partial charge in [-0.2, -0.15) is 0 Å². The highest BCUT2D eigenvalue weighted by molar-refractivity contribution is 5.87. The van der Waals surface area contributed by atoms with Crippen molar-refractivity contribution >= 4 is 5.97 Å². The van der Waals surface area contributed by atoms with E-state index >= 15 is 0 Å². The fourth-order valence-corrected chi connectivity index (χ4v) is 6.47. The van der Waals surface area contributed by atoms with Crippen LogP contribution in [0.5, 0.6) is 0 Å². The number of aliphatic carboxylic acids is 1. The Morgan fingerprint density at radius 1 is 1.17 bits per heavy atom. The molecule has 3 nitrogen and oxygen atoms in total. The maximum Gasteiger partial charge on any atom is 0.331 e. The van der Waals surface area contributed by atoms with Crippen molar-refractivity contribution in [2.45, 2.75) is 64.9 Å². The Morgan fingerprint density at radius 2 is 1.96 bits per heavy atom. The van der Waals surface area contributed by atoms with Crippen molar-refractivity contribution < 1.29 is 15.0 Å². The van der Waals surface area contributed by atoms with E-state index in [2.05, 4.69) is 19.9 Å². The molecule has 2 saturated carbocycles. The molecule has 126 valence electrons. The maximum atomic E-state index is 11.3. The Hall–Kier alpha value is -1.09. The van der Waals surface area contributed by atoms with Gasteiger partial charge in [-0.25, -0.2) is 4.79 Å². The number of carbonyl (C=O) groups is 1. The third-order valence-corrected chi connectivity index (χ3v) is 7.99. The first-order valence-corrected chi connectivity index (χ1v) is 9.19. The Balaban J connectivity index is 1.70. The average Bonchev–Trinajstić information content (AvgIpc) is 2.82. The molecule has 0 aliphatic heterocycles. The van der Waals surface area contributed by atoms with E-state index in [-0.39, 0.29) is 16.9 Å². The molecule has 0 bridgehead atoms. The van der Waals surface area contributed by atoms with Gasteiger partial charge in [0.05, 0.1) is 6.10 Å². The fraction of sp³-hybridized carbons (Fsp3) is 0.750.